The predicted molar refractivity (Wildman–Crippen MR) is 99.6 cm³/mol. The Bertz CT molecular complexity index is 974. The molecule has 0 aliphatic carbocycles. The van der Waals surface area contributed by atoms with Crippen LogP contribution in [-0.2, 0) is 17.8 Å². The maximum atomic E-state index is 13.0. The van der Waals surface area contributed by atoms with Crippen LogP contribution in [0.1, 0.15) is 24.3 Å². The largest absolute Gasteiger partial charge is 0.370 e. The number of imidazole rings is 1. The number of benzene rings is 1. The molecule has 0 unspecified atom stereocenters. The molecule has 2 aromatic heterocycles. The van der Waals surface area contributed by atoms with Crippen LogP contribution < -0.4 is 5.43 Å². The lowest BCUT2D eigenvalue weighted by Crippen LogP contribution is -2.34. The highest BCUT2D eigenvalue weighted by Gasteiger charge is 2.30. The second-order valence-electron chi connectivity index (χ2n) is 6.48. The van der Waals surface area contributed by atoms with Crippen LogP contribution in [0.3, 0.4) is 0 Å². The van der Waals surface area contributed by atoms with Crippen LogP contribution in [0.2, 0.25) is 0 Å². The van der Waals surface area contributed by atoms with Crippen LogP contribution in [0, 0.1) is 0 Å². The molecule has 6 heteroatoms. The van der Waals surface area contributed by atoms with Gasteiger partial charge in [-0.1, -0.05) is 30.0 Å². The number of thioether (sulfide) groups is 1. The van der Waals surface area contributed by atoms with Crippen LogP contribution in [0.5, 0.6) is 0 Å². The number of hydrogen-bond donors (Lipinski definition) is 0. The number of fused-ring (bicyclic) bond motifs is 2. The fraction of sp³-hybridized carbons (Fsp3) is 0.333. The van der Waals surface area contributed by atoms with E-state index >= 15 is 0 Å². The standard InChI is InChI=1S/C18H18N2O2S2/c1-18(2)9-12-13(10-22-18)24-16-14(15(12)21)19-17(23-3)20(16)11-7-5-4-6-8-11/h4-8H,9-10H2,1-3H3. The Balaban J connectivity index is 2.02. The van der Waals surface area contributed by atoms with Crippen molar-refractivity contribution in [1.29, 1.82) is 0 Å². The van der Waals surface area contributed by atoms with Crippen LogP contribution in [0.15, 0.2) is 40.3 Å². The molecule has 3 aromatic rings. The Hall–Kier alpha value is -1.63. The summed E-state index contributed by atoms with van der Waals surface area (Å²) in [6.45, 7) is 4.55. The predicted octanol–water partition coefficient (Wildman–Crippen LogP) is 4.02. The van der Waals surface area contributed by atoms with Gasteiger partial charge in [-0.3, -0.25) is 9.36 Å². The highest BCUT2D eigenvalue weighted by atomic mass is 32.2. The normalized spacial score (nSPS) is 16.3. The third-order valence-electron chi connectivity index (χ3n) is 4.24. The van der Waals surface area contributed by atoms with Crippen molar-refractivity contribution in [2.45, 2.75) is 37.6 Å². The third kappa shape index (κ3) is 2.49. The summed E-state index contributed by atoms with van der Waals surface area (Å²) in [6, 6.07) is 10.1. The van der Waals surface area contributed by atoms with Crippen LogP contribution in [0.4, 0.5) is 0 Å². The third-order valence-corrected chi connectivity index (χ3v) is 6.06. The number of aromatic nitrogens is 2. The number of hydrogen-bond acceptors (Lipinski definition) is 5. The molecule has 0 atom stereocenters. The van der Waals surface area contributed by atoms with Crippen molar-refractivity contribution in [2.24, 2.45) is 0 Å². The van der Waals surface area contributed by atoms with Gasteiger partial charge in [0.2, 0.25) is 5.43 Å². The molecule has 1 aliphatic heterocycles. The average Bonchev–Trinajstić information content (AvgIpc) is 2.95. The lowest BCUT2D eigenvalue weighted by atomic mass is 9.95. The summed E-state index contributed by atoms with van der Waals surface area (Å²) in [5, 5.41) is 0.840. The Morgan fingerprint density at radius 1 is 1.29 bits per heavy atom. The number of ether oxygens (including phenoxy) is 1. The van der Waals surface area contributed by atoms with Crippen molar-refractivity contribution in [3.63, 3.8) is 0 Å². The first-order valence-corrected chi connectivity index (χ1v) is 9.85. The van der Waals surface area contributed by atoms with Crippen LogP contribution in [-0.4, -0.2) is 21.4 Å². The van der Waals surface area contributed by atoms with Crippen molar-refractivity contribution < 1.29 is 4.74 Å². The number of nitrogens with zero attached hydrogens (tertiary/aromatic N) is 2. The molecule has 0 saturated heterocycles. The van der Waals surface area contributed by atoms with Crippen molar-refractivity contribution in [3.8, 4) is 5.69 Å². The molecule has 0 saturated carbocycles. The first-order valence-electron chi connectivity index (χ1n) is 7.81. The van der Waals surface area contributed by atoms with E-state index in [1.54, 1.807) is 23.1 Å². The highest BCUT2D eigenvalue weighted by Crippen LogP contribution is 2.34. The highest BCUT2D eigenvalue weighted by molar-refractivity contribution is 7.98. The van der Waals surface area contributed by atoms with Gasteiger partial charge in [0.15, 0.2) is 5.16 Å². The molecule has 0 N–H and O–H groups in total. The molecule has 4 rings (SSSR count). The van der Waals surface area contributed by atoms with E-state index < -0.39 is 0 Å². The minimum absolute atomic E-state index is 0.0557. The van der Waals surface area contributed by atoms with Gasteiger partial charge in [-0.05, 0) is 32.2 Å². The summed E-state index contributed by atoms with van der Waals surface area (Å²) in [4.78, 5) is 19.6. The molecular weight excluding hydrogens is 340 g/mol. The molecule has 0 amide bonds. The molecule has 124 valence electrons. The molecule has 1 aliphatic rings. The number of para-hydroxylation sites is 1. The van der Waals surface area contributed by atoms with Gasteiger partial charge >= 0.3 is 0 Å². The minimum Gasteiger partial charge on any atom is -0.370 e. The smallest absolute Gasteiger partial charge is 0.211 e. The van der Waals surface area contributed by atoms with E-state index in [0.29, 0.717) is 18.5 Å². The molecule has 1 aromatic carbocycles. The Kier molecular flexibility index (Phi) is 3.78. The van der Waals surface area contributed by atoms with Crippen LogP contribution >= 0.6 is 23.1 Å². The molecule has 24 heavy (non-hydrogen) atoms. The maximum Gasteiger partial charge on any atom is 0.211 e. The van der Waals surface area contributed by atoms with E-state index in [0.717, 1.165) is 26.1 Å². The second-order valence-corrected chi connectivity index (χ2v) is 8.34. The summed E-state index contributed by atoms with van der Waals surface area (Å²) < 4.78 is 7.99. The van der Waals surface area contributed by atoms with E-state index in [1.807, 2.05) is 50.4 Å². The number of rotatable bonds is 2. The van der Waals surface area contributed by atoms with Crippen LogP contribution in [0.25, 0.3) is 16.0 Å². The molecule has 0 spiro atoms. The summed E-state index contributed by atoms with van der Waals surface area (Å²) in [6.07, 6.45) is 2.63. The van der Waals surface area contributed by atoms with Crippen molar-refractivity contribution in [2.75, 3.05) is 6.26 Å². The van der Waals surface area contributed by atoms with Crippen molar-refractivity contribution in [1.82, 2.24) is 9.55 Å². The Morgan fingerprint density at radius 3 is 2.75 bits per heavy atom. The molecule has 3 heterocycles. The molecule has 4 nitrogen and oxygen atoms in total. The van der Waals surface area contributed by atoms with Gasteiger partial charge in [0.1, 0.15) is 10.3 Å². The summed E-state index contributed by atoms with van der Waals surface area (Å²) in [5.74, 6) is 0. The topological polar surface area (TPSA) is 44.1 Å². The van der Waals surface area contributed by atoms with Gasteiger partial charge in [0.05, 0.1) is 12.2 Å². The Morgan fingerprint density at radius 2 is 2.04 bits per heavy atom. The van der Waals surface area contributed by atoms with E-state index in [1.165, 1.54) is 0 Å². The first kappa shape index (κ1) is 15.9. The summed E-state index contributed by atoms with van der Waals surface area (Å²) in [5.41, 5.74) is 2.23. The van der Waals surface area contributed by atoms with E-state index in [-0.39, 0.29) is 11.0 Å². The molecule has 0 bridgehead atoms. The monoisotopic (exact) mass is 358 g/mol. The van der Waals surface area contributed by atoms with Gasteiger partial charge in [-0.15, -0.1) is 11.3 Å². The van der Waals surface area contributed by atoms with Gasteiger partial charge in [0, 0.05) is 22.5 Å². The zero-order valence-electron chi connectivity index (χ0n) is 13.8. The first-order chi connectivity index (χ1) is 11.5. The Labute approximate surface area is 148 Å². The van der Waals surface area contributed by atoms with Gasteiger partial charge in [-0.2, -0.15) is 0 Å². The van der Waals surface area contributed by atoms with E-state index in [2.05, 4.69) is 9.55 Å². The van der Waals surface area contributed by atoms with Gasteiger partial charge in [-0.25, -0.2) is 4.98 Å². The summed E-state index contributed by atoms with van der Waals surface area (Å²) >= 11 is 3.18. The van der Waals surface area contributed by atoms with Gasteiger partial charge < -0.3 is 4.74 Å². The maximum absolute atomic E-state index is 13.0. The SMILES string of the molecule is CSc1nc2c(=O)c3c(sc2n1-c1ccccc1)COC(C)(C)C3. The fourth-order valence-corrected chi connectivity index (χ4v) is 4.83. The molecular formula is C18H18N2O2S2. The van der Waals surface area contributed by atoms with Gasteiger partial charge in [0.25, 0.3) is 0 Å². The molecule has 0 radical (unpaired) electrons. The van der Waals surface area contributed by atoms with E-state index in [9.17, 15) is 4.79 Å². The lowest BCUT2D eigenvalue weighted by molar-refractivity contribution is -0.0386. The zero-order chi connectivity index (χ0) is 16.9. The zero-order valence-corrected chi connectivity index (χ0v) is 15.5. The van der Waals surface area contributed by atoms with Crippen molar-refractivity contribution >= 4 is 33.4 Å². The molecule has 0 fully saturated rings. The second kappa shape index (κ2) is 5.72. The lowest BCUT2D eigenvalue weighted by Gasteiger charge is -2.30. The fourth-order valence-electron chi connectivity index (χ4n) is 3.05. The average molecular weight is 358 g/mol. The quantitative estimate of drug-likeness (QED) is 0.649. The van der Waals surface area contributed by atoms with Crippen molar-refractivity contribution in [3.05, 3.63) is 51.0 Å². The summed E-state index contributed by atoms with van der Waals surface area (Å²) in [7, 11) is 0. The van der Waals surface area contributed by atoms with E-state index in [4.69, 9.17) is 4.74 Å². The minimum atomic E-state index is -0.295.